The van der Waals surface area contributed by atoms with Crippen molar-refractivity contribution in [3.8, 4) is 0 Å². The first-order valence-corrected chi connectivity index (χ1v) is 6.61. The molecule has 0 heterocycles. The standard InChI is InChI=1S/C13H14F6O/c14-12(15,16)9(13(17,18)19)4-7-3-6-5-11(7)2-1-8(11)10(6)20/h6-7,9,20H,1-5H2. The zero-order valence-corrected chi connectivity index (χ0v) is 10.5. The second kappa shape index (κ2) is 3.85. The van der Waals surface area contributed by atoms with Crippen LogP contribution in [-0.2, 0) is 0 Å². The van der Waals surface area contributed by atoms with Gasteiger partial charge in [0.25, 0.3) is 0 Å². The molecule has 3 aliphatic carbocycles. The van der Waals surface area contributed by atoms with Crippen molar-refractivity contribution in [1.82, 2.24) is 0 Å². The summed E-state index contributed by atoms with van der Waals surface area (Å²) < 4.78 is 75.9. The molecule has 1 spiro atoms. The van der Waals surface area contributed by atoms with Gasteiger partial charge in [-0.15, -0.1) is 0 Å². The topological polar surface area (TPSA) is 20.2 Å². The van der Waals surface area contributed by atoms with Crippen LogP contribution in [0, 0.1) is 23.2 Å². The Labute approximate surface area is 111 Å². The fraction of sp³-hybridized carbons (Fsp3) is 0.846. The fourth-order valence-electron chi connectivity index (χ4n) is 4.40. The van der Waals surface area contributed by atoms with E-state index in [1.54, 1.807) is 0 Å². The SMILES string of the molecule is OC1=C2CCC23CC1CC3CC(C(F)(F)F)C(F)(F)F. The molecule has 3 rings (SSSR count). The molecule has 0 saturated heterocycles. The van der Waals surface area contributed by atoms with E-state index in [4.69, 9.17) is 0 Å². The van der Waals surface area contributed by atoms with Crippen molar-refractivity contribution in [2.45, 2.75) is 44.5 Å². The molecule has 3 aliphatic rings. The third-order valence-corrected chi connectivity index (χ3v) is 5.39. The number of allylic oxidation sites excluding steroid dienone is 2. The average Bonchev–Trinajstić information content (AvgIpc) is 2.68. The van der Waals surface area contributed by atoms with E-state index in [-0.39, 0.29) is 18.1 Å². The lowest BCUT2D eigenvalue weighted by molar-refractivity contribution is -0.290. The molecule has 0 amide bonds. The third kappa shape index (κ3) is 1.77. The number of halogens is 6. The molecule has 2 bridgehead atoms. The van der Waals surface area contributed by atoms with E-state index < -0.39 is 36.0 Å². The van der Waals surface area contributed by atoms with Crippen LogP contribution in [0.25, 0.3) is 0 Å². The van der Waals surface area contributed by atoms with E-state index >= 15 is 0 Å². The molecule has 0 aromatic rings. The van der Waals surface area contributed by atoms with Crippen LogP contribution in [-0.4, -0.2) is 17.5 Å². The molecule has 2 fully saturated rings. The Balaban J connectivity index is 1.83. The second-order valence-electron chi connectivity index (χ2n) is 6.23. The summed E-state index contributed by atoms with van der Waals surface area (Å²) in [5.74, 6) is -3.85. The van der Waals surface area contributed by atoms with Crippen molar-refractivity contribution >= 4 is 0 Å². The minimum absolute atomic E-state index is 0.223. The van der Waals surface area contributed by atoms with Gasteiger partial charge in [-0.05, 0) is 49.0 Å². The number of alkyl halides is 6. The quantitative estimate of drug-likeness (QED) is 0.730. The van der Waals surface area contributed by atoms with Gasteiger partial charge in [-0.25, -0.2) is 0 Å². The Morgan fingerprint density at radius 3 is 2.15 bits per heavy atom. The van der Waals surface area contributed by atoms with Crippen LogP contribution in [0.15, 0.2) is 11.3 Å². The number of aliphatic hydroxyl groups is 1. The summed E-state index contributed by atoms with van der Waals surface area (Å²) in [6, 6.07) is 0. The fourth-order valence-corrected chi connectivity index (χ4v) is 4.40. The van der Waals surface area contributed by atoms with Gasteiger partial charge in [-0.1, -0.05) is 0 Å². The summed E-state index contributed by atoms with van der Waals surface area (Å²) in [6.07, 6.45) is -9.42. The zero-order valence-electron chi connectivity index (χ0n) is 10.5. The lowest BCUT2D eigenvalue weighted by Gasteiger charge is -2.47. The molecule has 20 heavy (non-hydrogen) atoms. The van der Waals surface area contributed by atoms with Crippen LogP contribution in [0.4, 0.5) is 26.3 Å². The third-order valence-electron chi connectivity index (χ3n) is 5.39. The highest BCUT2D eigenvalue weighted by Gasteiger charge is 2.65. The summed E-state index contributed by atoms with van der Waals surface area (Å²) in [6.45, 7) is 0. The van der Waals surface area contributed by atoms with Gasteiger partial charge in [0.2, 0.25) is 0 Å². The number of hydrogen-bond donors (Lipinski definition) is 1. The summed E-state index contributed by atoms with van der Waals surface area (Å²) in [5, 5.41) is 9.81. The number of hydrogen-bond acceptors (Lipinski definition) is 1. The van der Waals surface area contributed by atoms with Gasteiger partial charge in [0.05, 0.1) is 5.76 Å². The maximum Gasteiger partial charge on any atom is 0.400 e. The van der Waals surface area contributed by atoms with Crippen molar-refractivity contribution in [3.63, 3.8) is 0 Å². The van der Waals surface area contributed by atoms with Gasteiger partial charge in [0, 0.05) is 5.92 Å². The molecule has 0 aliphatic heterocycles. The van der Waals surface area contributed by atoms with Gasteiger partial charge in [0.1, 0.15) is 0 Å². The van der Waals surface area contributed by atoms with Crippen LogP contribution in [0.2, 0.25) is 0 Å². The molecule has 7 heteroatoms. The molecule has 1 N–H and O–H groups in total. The first kappa shape index (κ1) is 14.1. The summed E-state index contributed by atoms with van der Waals surface area (Å²) in [4.78, 5) is 0. The second-order valence-corrected chi connectivity index (χ2v) is 6.23. The van der Waals surface area contributed by atoms with Crippen molar-refractivity contribution in [3.05, 3.63) is 11.3 Å². The summed E-state index contributed by atoms with van der Waals surface area (Å²) in [5.41, 5.74) is 0.158. The van der Waals surface area contributed by atoms with Gasteiger partial charge in [-0.3, -0.25) is 0 Å². The molecule has 0 aromatic carbocycles. The number of fused-ring (bicyclic) bond motifs is 1. The monoisotopic (exact) mass is 300 g/mol. The van der Waals surface area contributed by atoms with Gasteiger partial charge in [-0.2, -0.15) is 26.3 Å². The smallest absolute Gasteiger partial charge is 0.400 e. The van der Waals surface area contributed by atoms with Crippen LogP contribution in [0.5, 0.6) is 0 Å². The Morgan fingerprint density at radius 1 is 1.15 bits per heavy atom. The van der Waals surface area contributed by atoms with Crippen molar-refractivity contribution in [2.75, 3.05) is 0 Å². The lowest BCUT2D eigenvalue weighted by Crippen LogP contribution is -2.43. The Morgan fingerprint density at radius 2 is 1.75 bits per heavy atom. The van der Waals surface area contributed by atoms with E-state index in [9.17, 15) is 31.4 Å². The maximum absolute atomic E-state index is 12.6. The molecular formula is C13H14F6O. The van der Waals surface area contributed by atoms with E-state index in [1.807, 2.05) is 0 Å². The molecule has 2 saturated carbocycles. The highest BCUT2D eigenvalue weighted by Crippen LogP contribution is 2.70. The van der Waals surface area contributed by atoms with Crippen LogP contribution < -0.4 is 0 Å². The van der Waals surface area contributed by atoms with E-state index in [1.165, 1.54) is 0 Å². The van der Waals surface area contributed by atoms with Gasteiger partial charge >= 0.3 is 12.4 Å². The average molecular weight is 300 g/mol. The van der Waals surface area contributed by atoms with Crippen LogP contribution in [0.3, 0.4) is 0 Å². The molecular weight excluding hydrogens is 286 g/mol. The molecule has 3 unspecified atom stereocenters. The van der Waals surface area contributed by atoms with E-state index in [2.05, 4.69) is 0 Å². The molecule has 3 atom stereocenters. The first-order valence-electron chi connectivity index (χ1n) is 6.61. The summed E-state index contributed by atoms with van der Waals surface area (Å²) >= 11 is 0. The van der Waals surface area contributed by atoms with E-state index in [0.717, 1.165) is 5.57 Å². The first-order chi connectivity index (χ1) is 9.06. The normalized spacial score (nSPS) is 36.5. The van der Waals surface area contributed by atoms with Crippen LogP contribution in [0.1, 0.15) is 32.1 Å². The predicted molar refractivity (Wildman–Crippen MR) is 57.8 cm³/mol. The Bertz CT molecular complexity index is 448. The molecule has 114 valence electrons. The van der Waals surface area contributed by atoms with Crippen molar-refractivity contribution < 1.29 is 31.4 Å². The molecule has 0 aromatic heterocycles. The number of aliphatic hydroxyl groups excluding tert-OH is 1. The van der Waals surface area contributed by atoms with E-state index in [0.29, 0.717) is 19.3 Å². The molecule has 0 radical (unpaired) electrons. The molecule has 1 nitrogen and oxygen atoms in total. The zero-order chi connectivity index (χ0) is 14.9. The van der Waals surface area contributed by atoms with Gasteiger partial charge in [0.15, 0.2) is 5.92 Å². The highest BCUT2D eigenvalue weighted by atomic mass is 19.4. The largest absolute Gasteiger partial charge is 0.512 e. The number of rotatable bonds is 2. The Kier molecular flexibility index (Phi) is 2.71. The maximum atomic E-state index is 12.6. The van der Waals surface area contributed by atoms with Crippen LogP contribution >= 0.6 is 0 Å². The minimum atomic E-state index is -5.26. The highest BCUT2D eigenvalue weighted by molar-refractivity contribution is 5.38. The van der Waals surface area contributed by atoms with Crippen molar-refractivity contribution in [2.24, 2.45) is 23.2 Å². The minimum Gasteiger partial charge on any atom is -0.512 e. The Hall–Kier alpha value is -0.880. The lowest BCUT2D eigenvalue weighted by atomic mass is 9.58. The summed E-state index contributed by atoms with van der Waals surface area (Å²) in [7, 11) is 0. The predicted octanol–water partition coefficient (Wildman–Crippen LogP) is 4.75. The van der Waals surface area contributed by atoms with Crippen molar-refractivity contribution in [1.29, 1.82) is 0 Å². The van der Waals surface area contributed by atoms with Gasteiger partial charge < -0.3 is 5.11 Å².